The van der Waals surface area contributed by atoms with Crippen molar-refractivity contribution in [2.75, 3.05) is 0 Å². The van der Waals surface area contributed by atoms with Gasteiger partial charge in [0, 0.05) is 0 Å². The molecule has 20 heavy (non-hydrogen) atoms. The Bertz CT molecular complexity index is 298. The Balaban J connectivity index is 2.74. The summed E-state index contributed by atoms with van der Waals surface area (Å²) in [6.07, 6.45) is 9.79. The van der Waals surface area contributed by atoms with Gasteiger partial charge in [0.15, 0.2) is 0 Å². The van der Waals surface area contributed by atoms with Crippen LogP contribution in [-0.2, 0) is 0 Å². The highest BCUT2D eigenvalue weighted by molar-refractivity contribution is 4.97. The molecule has 0 amide bonds. The lowest BCUT2D eigenvalue weighted by molar-refractivity contribution is 0.0562. The first kappa shape index (κ1) is 18.1. The zero-order valence-electron chi connectivity index (χ0n) is 15.6. The molecule has 0 aliphatic heterocycles. The molecule has 1 fully saturated rings. The van der Waals surface area contributed by atoms with E-state index in [2.05, 4.69) is 55.4 Å². The third kappa shape index (κ3) is 4.01. The molecular weight excluding hydrogens is 240 g/mol. The highest BCUT2D eigenvalue weighted by atomic mass is 14.5. The Labute approximate surface area is 129 Å². The second-order valence-corrected chi connectivity index (χ2v) is 9.28. The summed E-state index contributed by atoms with van der Waals surface area (Å²) < 4.78 is 0. The van der Waals surface area contributed by atoms with Crippen LogP contribution in [0, 0.1) is 28.1 Å². The zero-order chi connectivity index (χ0) is 15.6. The van der Waals surface area contributed by atoms with E-state index < -0.39 is 0 Å². The molecular formula is C20H40. The van der Waals surface area contributed by atoms with Gasteiger partial charge in [-0.15, -0.1) is 0 Å². The molecule has 0 N–H and O–H groups in total. The summed E-state index contributed by atoms with van der Waals surface area (Å²) in [6.45, 7) is 19.6. The van der Waals surface area contributed by atoms with E-state index in [1.165, 1.54) is 44.9 Å². The molecule has 1 rings (SSSR count). The van der Waals surface area contributed by atoms with Crippen molar-refractivity contribution in [3.05, 3.63) is 0 Å². The van der Waals surface area contributed by atoms with Crippen molar-refractivity contribution in [3.8, 4) is 0 Å². The fourth-order valence-electron chi connectivity index (χ4n) is 4.35. The van der Waals surface area contributed by atoms with E-state index in [0.29, 0.717) is 16.2 Å². The average Bonchev–Trinajstić information content (AvgIpc) is 3.04. The van der Waals surface area contributed by atoms with Gasteiger partial charge in [0.25, 0.3) is 0 Å². The van der Waals surface area contributed by atoms with Crippen LogP contribution >= 0.6 is 0 Å². The maximum absolute atomic E-state index is 2.58. The molecule has 0 saturated heterocycles. The molecule has 0 aromatic rings. The summed E-state index contributed by atoms with van der Waals surface area (Å²) in [7, 11) is 0. The lowest BCUT2D eigenvalue weighted by atomic mass is 9.60. The Morgan fingerprint density at radius 1 is 0.800 bits per heavy atom. The van der Waals surface area contributed by atoms with Crippen LogP contribution in [0.2, 0.25) is 0 Å². The molecule has 1 aliphatic carbocycles. The van der Waals surface area contributed by atoms with E-state index >= 15 is 0 Å². The predicted molar refractivity (Wildman–Crippen MR) is 92.0 cm³/mol. The molecule has 120 valence electrons. The van der Waals surface area contributed by atoms with Crippen molar-refractivity contribution < 1.29 is 0 Å². The highest BCUT2D eigenvalue weighted by Crippen LogP contribution is 2.57. The van der Waals surface area contributed by atoms with Crippen molar-refractivity contribution in [1.82, 2.24) is 0 Å². The van der Waals surface area contributed by atoms with E-state index in [9.17, 15) is 0 Å². The van der Waals surface area contributed by atoms with Gasteiger partial charge >= 0.3 is 0 Å². The lowest BCUT2D eigenvalue weighted by Crippen LogP contribution is -2.35. The lowest BCUT2D eigenvalue weighted by Gasteiger charge is -2.45. The molecule has 1 saturated carbocycles. The minimum Gasteiger partial charge on any atom is -0.0654 e. The Morgan fingerprint density at radius 2 is 1.30 bits per heavy atom. The zero-order valence-corrected chi connectivity index (χ0v) is 15.6. The first-order valence-corrected chi connectivity index (χ1v) is 9.09. The Hall–Kier alpha value is 0. The highest BCUT2D eigenvalue weighted by Gasteiger charge is 2.48. The van der Waals surface area contributed by atoms with Crippen LogP contribution in [0.15, 0.2) is 0 Å². The molecule has 0 aromatic heterocycles. The summed E-state index contributed by atoms with van der Waals surface area (Å²) in [5.74, 6) is 1.99. The van der Waals surface area contributed by atoms with Gasteiger partial charge in [-0.05, 0) is 60.2 Å². The van der Waals surface area contributed by atoms with Gasteiger partial charge in [-0.1, -0.05) is 68.2 Å². The first-order valence-electron chi connectivity index (χ1n) is 9.09. The van der Waals surface area contributed by atoms with Crippen LogP contribution < -0.4 is 0 Å². The molecule has 0 heteroatoms. The molecule has 0 aromatic carbocycles. The normalized spacial score (nSPS) is 28.8. The predicted octanol–water partition coefficient (Wildman–Crippen LogP) is 7.08. The van der Waals surface area contributed by atoms with Crippen LogP contribution in [0.5, 0.6) is 0 Å². The minimum atomic E-state index is 0.422. The van der Waals surface area contributed by atoms with Crippen molar-refractivity contribution in [1.29, 1.82) is 0 Å². The Kier molecular flexibility index (Phi) is 5.78. The molecule has 4 atom stereocenters. The molecule has 0 bridgehead atoms. The van der Waals surface area contributed by atoms with E-state index in [-0.39, 0.29) is 0 Å². The quantitative estimate of drug-likeness (QED) is 0.445. The molecule has 0 nitrogen and oxygen atoms in total. The summed E-state index contributed by atoms with van der Waals surface area (Å²) in [5, 5.41) is 0. The van der Waals surface area contributed by atoms with Gasteiger partial charge < -0.3 is 0 Å². The Morgan fingerprint density at radius 3 is 1.65 bits per heavy atom. The smallest absolute Gasteiger partial charge is 0.0277 e. The average molecular weight is 281 g/mol. The molecule has 0 radical (unpaired) electrons. The summed E-state index contributed by atoms with van der Waals surface area (Å²) in [5.41, 5.74) is 1.52. The van der Waals surface area contributed by atoms with E-state index in [4.69, 9.17) is 0 Å². The maximum Gasteiger partial charge on any atom is -0.0277 e. The van der Waals surface area contributed by atoms with Crippen LogP contribution in [0.4, 0.5) is 0 Å². The van der Waals surface area contributed by atoms with Gasteiger partial charge in [-0.25, -0.2) is 0 Å². The second-order valence-electron chi connectivity index (χ2n) is 9.28. The van der Waals surface area contributed by atoms with Crippen LogP contribution in [-0.4, -0.2) is 0 Å². The summed E-state index contributed by atoms with van der Waals surface area (Å²) >= 11 is 0. The standard InChI is InChI=1S/C20H40/c1-9-11-19(7,17-15-16(17)3)13-14-20(8,12-10-2)18(4,5)6/h16-17H,9-15H2,1-8H3. The number of rotatable bonds is 8. The monoisotopic (exact) mass is 280 g/mol. The first-order chi connectivity index (χ1) is 9.09. The van der Waals surface area contributed by atoms with Crippen molar-refractivity contribution >= 4 is 0 Å². The number of hydrogen-bond donors (Lipinski definition) is 0. The largest absolute Gasteiger partial charge is 0.0654 e. The fraction of sp³-hybridized carbons (Fsp3) is 1.00. The van der Waals surface area contributed by atoms with Crippen LogP contribution in [0.25, 0.3) is 0 Å². The fourth-order valence-corrected chi connectivity index (χ4v) is 4.35. The second kappa shape index (κ2) is 6.41. The maximum atomic E-state index is 2.58. The van der Waals surface area contributed by atoms with E-state index in [1.807, 2.05) is 0 Å². The third-order valence-electron chi connectivity index (χ3n) is 6.69. The summed E-state index contributed by atoms with van der Waals surface area (Å²) in [4.78, 5) is 0. The molecule has 1 aliphatic rings. The molecule has 0 heterocycles. The van der Waals surface area contributed by atoms with Crippen LogP contribution in [0.3, 0.4) is 0 Å². The molecule has 0 spiro atoms. The van der Waals surface area contributed by atoms with Crippen molar-refractivity contribution in [2.24, 2.45) is 28.1 Å². The topological polar surface area (TPSA) is 0 Å². The van der Waals surface area contributed by atoms with E-state index in [0.717, 1.165) is 11.8 Å². The molecule has 4 unspecified atom stereocenters. The SMILES string of the molecule is CCCC(C)(CCC(C)(CCC)C(C)(C)C)C1CC1C. The van der Waals surface area contributed by atoms with Gasteiger partial charge in [-0.2, -0.15) is 0 Å². The van der Waals surface area contributed by atoms with E-state index in [1.54, 1.807) is 0 Å². The van der Waals surface area contributed by atoms with Gasteiger partial charge in [0.2, 0.25) is 0 Å². The van der Waals surface area contributed by atoms with Gasteiger partial charge in [0.05, 0.1) is 0 Å². The van der Waals surface area contributed by atoms with Crippen LogP contribution in [0.1, 0.15) is 100 Å². The minimum absolute atomic E-state index is 0.422. The van der Waals surface area contributed by atoms with Crippen molar-refractivity contribution in [3.63, 3.8) is 0 Å². The summed E-state index contributed by atoms with van der Waals surface area (Å²) in [6, 6.07) is 0. The van der Waals surface area contributed by atoms with Gasteiger partial charge in [0.1, 0.15) is 0 Å². The number of hydrogen-bond acceptors (Lipinski definition) is 0. The third-order valence-corrected chi connectivity index (χ3v) is 6.69. The van der Waals surface area contributed by atoms with Gasteiger partial charge in [-0.3, -0.25) is 0 Å². The van der Waals surface area contributed by atoms with Crippen molar-refractivity contribution in [2.45, 2.75) is 100 Å².